The van der Waals surface area contributed by atoms with Crippen molar-refractivity contribution in [2.45, 2.75) is 20.4 Å². The van der Waals surface area contributed by atoms with E-state index < -0.39 is 0 Å². The van der Waals surface area contributed by atoms with Crippen LogP contribution in [0.1, 0.15) is 13.8 Å². The topological polar surface area (TPSA) is 41.0 Å². The fourth-order valence-electron chi connectivity index (χ4n) is 2.11. The predicted molar refractivity (Wildman–Crippen MR) is 80.1 cm³/mol. The number of hydrogen-bond donors (Lipinski definition) is 1. The first-order valence-corrected chi connectivity index (χ1v) is 7.01. The van der Waals surface area contributed by atoms with Gasteiger partial charge in [-0.15, -0.1) is 0 Å². The summed E-state index contributed by atoms with van der Waals surface area (Å²) >= 11 is 11.4. The number of aromatic nitrogens is 2. The number of nitrogens with zero attached hydrogens (tertiary/aromatic N) is 2. The van der Waals surface area contributed by atoms with Crippen LogP contribution in [0.4, 0.5) is 0 Å². The monoisotopic (exact) mass is 297 g/mol. The third-order valence-corrected chi connectivity index (χ3v) is 3.81. The molecular formula is C13H16ClN3OS. The molecule has 6 heteroatoms. The summed E-state index contributed by atoms with van der Waals surface area (Å²) in [6.45, 7) is 5.57. The number of likely N-dealkylation sites (N-methyl/N-ethyl adjacent to an activating group) is 1. The summed E-state index contributed by atoms with van der Waals surface area (Å²) < 4.78 is 2.31. The molecule has 0 bridgehead atoms. The number of halogens is 1. The third-order valence-electron chi connectivity index (χ3n) is 3.17. The maximum atomic E-state index is 12.2. The molecule has 1 heterocycles. The van der Waals surface area contributed by atoms with Gasteiger partial charge in [0.05, 0.1) is 16.1 Å². The van der Waals surface area contributed by atoms with E-state index in [9.17, 15) is 4.79 Å². The Morgan fingerprint density at radius 1 is 1.42 bits per heavy atom. The molecule has 1 N–H and O–H groups in total. The number of H-pyrrole nitrogens is 1. The molecule has 0 atom stereocenters. The van der Waals surface area contributed by atoms with Gasteiger partial charge in [0.2, 0.25) is 5.91 Å². The van der Waals surface area contributed by atoms with Gasteiger partial charge in [-0.3, -0.25) is 4.79 Å². The van der Waals surface area contributed by atoms with Crippen LogP contribution in [0.15, 0.2) is 18.2 Å². The molecule has 0 saturated heterocycles. The average molecular weight is 298 g/mol. The van der Waals surface area contributed by atoms with Crippen molar-refractivity contribution in [1.82, 2.24) is 14.5 Å². The fourth-order valence-corrected chi connectivity index (χ4v) is 2.60. The standard InChI is InChI=1S/C13H16ClN3OS/c1-3-16(4-2)11(18)8-17-10-7-5-6-9(14)12(10)15-13(17)19/h5-7H,3-4,8H2,1-2H3,(H,15,19). The Hall–Kier alpha value is -1.33. The minimum absolute atomic E-state index is 0.0574. The van der Waals surface area contributed by atoms with Gasteiger partial charge in [-0.2, -0.15) is 0 Å². The van der Waals surface area contributed by atoms with Crippen LogP contribution in [0.3, 0.4) is 0 Å². The van der Waals surface area contributed by atoms with Crippen molar-refractivity contribution in [3.63, 3.8) is 0 Å². The van der Waals surface area contributed by atoms with E-state index in [1.165, 1.54) is 0 Å². The van der Waals surface area contributed by atoms with Gasteiger partial charge in [0.15, 0.2) is 4.77 Å². The lowest BCUT2D eigenvalue weighted by atomic mass is 10.3. The Morgan fingerprint density at radius 3 is 2.74 bits per heavy atom. The Balaban J connectivity index is 2.41. The van der Waals surface area contributed by atoms with E-state index in [2.05, 4.69) is 4.98 Å². The summed E-state index contributed by atoms with van der Waals surface area (Å²) in [5.41, 5.74) is 1.64. The lowest BCUT2D eigenvalue weighted by Crippen LogP contribution is -2.33. The van der Waals surface area contributed by atoms with Crippen LogP contribution < -0.4 is 0 Å². The highest BCUT2D eigenvalue weighted by atomic mass is 35.5. The van der Waals surface area contributed by atoms with Crippen LogP contribution in [0.25, 0.3) is 11.0 Å². The van der Waals surface area contributed by atoms with Crippen LogP contribution in [0.5, 0.6) is 0 Å². The number of carbonyl (C=O) groups excluding carboxylic acids is 1. The number of amides is 1. The maximum absolute atomic E-state index is 12.2. The van der Waals surface area contributed by atoms with E-state index in [-0.39, 0.29) is 12.5 Å². The average Bonchev–Trinajstić information content (AvgIpc) is 2.70. The number of hydrogen-bond acceptors (Lipinski definition) is 2. The number of nitrogens with one attached hydrogen (secondary N) is 1. The summed E-state index contributed by atoms with van der Waals surface area (Å²) in [6, 6.07) is 5.56. The third kappa shape index (κ3) is 2.67. The van der Waals surface area contributed by atoms with Gasteiger partial charge in [0.25, 0.3) is 0 Å². The molecule has 2 aromatic rings. The largest absolute Gasteiger partial charge is 0.342 e. The number of fused-ring (bicyclic) bond motifs is 1. The zero-order chi connectivity index (χ0) is 14.0. The molecule has 0 spiro atoms. The summed E-state index contributed by atoms with van der Waals surface area (Å²) in [4.78, 5) is 17.0. The van der Waals surface area contributed by atoms with Gasteiger partial charge in [0.1, 0.15) is 6.54 Å². The number of benzene rings is 1. The zero-order valence-electron chi connectivity index (χ0n) is 10.9. The summed E-state index contributed by atoms with van der Waals surface area (Å²) in [5, 5.41) is 0.609. The molecule has 0 saturated carbocycles. The van der Waals surface area contributed by atoms with Crippen molar-refractivity contribution in [2.75, 3.05) is 13.1 Å². The lowest BCUT2D eigenvalue weighted by Gasteiger charge is -2.18. The van der Waals surface area contributed by atoms with Crippen molar-refractivity contribution >= 4 is 40.8 Å². The molecule has 0 aliphatic heterocycles. The van der Waals surface area contributed by atoms with E-state index in [1.54, 1.807) is 15.5 Å². The molecule has 19 heavy (non-hydrogen) atoms. The minimum atomic E-state index is 0.0574. The molecule has 0 radical (unpaired) electrons. The molecule has 1 aromatic carbocycles. The van der Waals surface area contributed by atoms with Gasteiger partial charge in [-0.05, 0) is 38.2 Å². The van der Waals surface area contributed by atoms with Crippen LogP contribution in [-0.2, 0) is 11.3 Å². The normalized spacial score (nSPS) is 10.9. The van der Waals surface area contributed by atoms with Crippen LogP contribution in [-0.4, -0.2) is 33.4 Å². The highest BCUT2D eigenvalue weighted by Gasteiger charge is 2.14. The van der Waals surface area contributed by atoms with E-state index in [0.717, 1.165) is 11.0 Å². The number of imidazole rings is 1. The van der Waals surface area contributed by atoms with Crippen LogP contribution in [0, 0.1) is 4.77 Å². The lowest BCUT2D eigenvalue weighted by molar-refractivity contribution is -0.131. The highest BCUT2D eigenvalue weighted by molar-refractivity contribution is 7.71. The second-order valence-corrected chi connectivity index (χ2v) is 5.01. The second-order valence-electron chi connectivity index (χ2n) is 4.22. The van der Waals surface area contributed by atoms with Gasteiger partial charge in [-0.25, -0.2) is 0 Å². The van der Waals surface area contributed by atoms with Crippen LogP contribution in [0.2, 0.25) is 5.02 Å². The van der Waals surface area contributed by atoms with Crippen molar-refractivity contribution in [3.05, 3.63) is 28.0 Å². The Labute approximate surface area is 122 Å². The van der Waals surface area contributed by atoms with Crippen LogP contribution >= 0.6 is 23.8 Å². The van der Waals surface area contributed by atoms with E-state index in [0.29, 0.717) is 22.9 Å². The minimum Gasteiger partial charge on any atom is -0.342 e. The summed E-state index contributed by atoms with van der Waals surface area (Å²) in [5.74, 6) is 0.0574. The number of carbonyl (C=O) groups is 1. The first-order valence-electron chi connectivity index (χ1n) is 6.23. The first kappa shape index (κ1) is 14.1. The summed E-state index contributed by atoms with van der Waals surface area (Å²) in [7, 11) is 0. The molecule has 1 amide bonds. The van der Waals surface area contributed by atoms with Gasteiger partial charge < -0.3 is 14.5 Å². The van der Waals surface area contributed by atoms with Crippen molar-refractivity contribution < 1.29 is 4.79 Å². The second kappa shape index (κ2) is 5.75. The number of rotatable bonds is 4. The fraction of sp³-hybridized carbons (Fsp3) is 0.385. The Kier molecular flexibility index (Phi) is 4.27. The molecule has 0 aliphatic rings. The zero-order valence-corrected chi connectivity index (χ0v) is 12.5. The first-order chi connectivity index (χ1) is 9.08. The predicted octanol–water partition coefficient (Wildman–Crippen LogP) is 3.22. The molecule has 4 nitrogen and oxygen atoms in total. The van der Waals surface area contributed by atoms with Gasteiger partial charge >= 0.3 is 0 Å². The van der Waals surface area contributed by atoms with E-state index in [4.69, 9.17) is 23.8 Å². The Morgan fingerprint density at radius 2 is 2.11 bits per heavy atom. The quantitative estimate of drug-likeness (QED) is 0.880. The molecule has 102 valence electrons. The summed E-state index contributed by atoms with van der Waals surface area (Å²) in [6.07, 6.45) is 0. The SMILES string of the molecule is CCN(CC)C(=O)Cn1c(=S)[nH]c2c(Cl)cccc21. The van der Waals surface area contributed by atoms with Gasteiger partial charge in [0, 0.05) is 13.1 Å². The molecule has 1 aromatic heterocycles. The van der Waals surface area contributed by atoms with Crippen molar-refractivity contribution in [3.8, 4) is 0 Å². The highest BCUT2D eigenvalue weighted by Crippen LogP contribution is 2.22. The van der Waals surface area contributed by atoms with Crippen molar-refractivity contribution in [1.29, 1.82) is 0 Å². The van der Waals surface area contributed by atoms with Crippen molar-refractivity contribution in [2.24, 2.45) is 0 Å². The molecule has 0 fully saturated rings. The molecule has 0 unspecified atom stereocenters. The number of aromatic amines is 1. The number of para-hydroxylation sites is 1. The molecule has 0 aliphatic carbocycles. The molecular weight excluding hydrogens is 282 g/mol. The van der Waals surface area contributed by atoms with E-state index in [1.807, 2.05) is 26.0 Å². The Bertz CT molecular complexity index is 657. The molecule has 2 rings (SSSR count). The van der Waals surface area contributed by atoms with E-state index >= 15 is 0 Å². The van der Waals surface area contributed by atoms with Gasteiger partial charge in [-0.1, -0.05) is 17.7 Å². The maximum Gasteiger partial charge on any atom is 0.242 e. The smallest absolute Gasteiger partial charge is 0.242 e.